The van der Waals surface area contributed by atoms with Gasteiger partial charge in [-0.25, -0.2) is 0 Å². The molecule has 1 aliphatic heterocycles. The van der Waals surface area contributed by atoms with Crippen LogP contribution in [0.2, 0.25) is 0 Å². The Kier molecular flexibility index (Phi) is 2.82. The third-order valence-electron chi connectivity index (χ3n) is 2.16. The number of piperidine rings is 1. The van der Waals surface area contributed by atoms with Crippen molar-refractivity contribution in [2.75, 3.05) is 20.1 Å². The summed E-state index contributed by atoms with van der Waals surface area (Å²) in [4.78, 5) is 13.7. The van der Waals surface area contributed by atoms with Gasteiger partial charge < -0.3 is 0 Å². The SMILES string of the molecule is CC=C1CN(C)CC(=CC)C1=O. The predicted molar refractivity (Wildman–Crippen MR) is 50.0 cm³/mol. The zero-order chi connectivity index (χ0) is 9.14. The molecular weight excluding hydrogens is 150 g/mol. The van der Waals surface area contributed by atoms with E-state index in [1.807, 2.05) is 33.0 Å². The lowest BCUT2D eigenvalue weighted by Crippen LogP contribution is -2.34. The van der Waals surface area contributed by atoms with Crippen molar-refractivity contribution < 1.29 is 4.79 Å². The van der Waals surface area contributed by atoms with Crippen LogP contribution in [-0.4, -0.2) is 30.8 Å². The molecule has 0 aromatic rings. The van der Waals surface area contributed by atoms with Crippen LogP contribution in [-0.2, 0) is 4.79 Å². The van der Waals surface area contributed by atoms with Crippen LogP contribution in [0.4, 0.5) is 0 Å². The number of carbonyl (C=O) groups is 1. The molecule has 0 saturated carbocycles. The lowest BCUT2D eigenvalue weighted by atomic mass is 9.98. The van der Waals surface area contributed by atoms with Crippen LogP contribution in [0, 0.1) is 0 Å². The average molecular weight is 165 g/mol. The lowest BCUT2D eigenvalue weighted by molar-refractivity contribution is -0.113. The zero-order valence-corrected chi connectivity index (χ0v) is 7.92. The van der Waals surface area contributed by atoms with Gasteiger partial charge in [-0.1, -0.05) is 12.2 Å². The Labute approximate surface area is 73.6 Å². The number of likely N-dealkylation sites (tertiary alicyclic amines) is 1. The van der Waals surface area contributed by atoms with Gasteiger partial charge >= 0.3 is 0 Å². The summed E-state index contributed by atoms with van der Waals surface area (Å²) in [6, 6.07) is 0. The van der Waals surface area contributed by atoms with Crippen LogP contribution in [0.5, 0.6) is 0 Å². The van der Waals surface area contributed by atoms with E-state index in [0.29, 0.717) is 0 Å². The standard InChI is InChI=1S/C10H15NO/c1-4-8-6-11(3)7-9(5-2)10(8)12/h4-5H,6-7H2,1-3H3. The summed E-state index contributed by atoms with van der Waals surface area (Å²) in [5.41, 5.74) is 1.83. The van der Waals surface area contributed by atoms with Gasteiger partial charge in [0.15, 0.2) is 5.78 Å². The number of ketones is 1. The maximum Gasteiger partial charge on any atom is 0.186 e. The Bertz CT molecular complexity index is 227. The number of carbonyl (C=O) groups excluding carboxylic acids is 1. The van der Waals surface area contributed by atoms with Crippen LogP contribution in [0.3, 0.4) is 0 Å². The molecule has 2 nitrogen and oxygen atoms in total. The molecule has 2 heteroatoms. The van der Waals surface area contributed by atoms with E-state index in [1.54, 1.807) is 0 Å². The van der Waals surface area contributed by atoms with E-state index in [2.05, 4.69) is 4.90 Å². The summed E-state index contributed by atoms with van der Waals surface area (Å²) < 4.78 is 0. The summed E-state index contributed by atoms with van der Waals surface area (Å²) in [5, 5.41) is 0. The molecule has 66 valence electrons. The van der Waals surface area contributed by atoms with Gasteiger partial charge in [-0.2, -0.15) is 0 Å². The van der Waals surface area contributed by atoms with Gasteiger partial charge in [-0.05, 0) is 20.9 Å². The van der Waals surface area contributed by atoms with Crippen LogP contribution >= 0.6 is 0 Å². The van der Waals surface area contributed by atoms with E-state index >= 15 is 0 Å². The molecule has 1 heterocycles. The Hall–Kier alpha value is -0.890. The highest BCUT2D eigenvalue weighted by Gasteiger charge is 2.21. The van der Waals surface area contributed by atoms with E-state index in [4.69, 9.17) is 0 Å². The highest BCUT2D eigenvalue weighted by Crippen LogP contribution is 2.15. The number of hydrogen-bond donors (Lipinski definition) is 0. The van der Waals surface area contributed by atoms with Crippen molar-refractivity contribution in [2.24, 2.45) is 0 Å². The topological polar surface area (TPSA) is 20.3 Å². The largest absolute Gasteiger partial charge is 0.298 e. The molecular formula is C10H15NO. The molecule has 0 unspecified atom stereocenters. The smallest absolute Gasteiger partial charge is 0.186 e. The fourth-order valence-electron chi connectivity index (χ4n) is 1.43. The van der Waals surface area contributed by atoms with E-state index < -0.39 is 0 Å². The van der Waals surface area contributed by atoms with Gasteiger partial charge in [0, 0.05) is 24.2 Å². The minimum absolute atomic E-state index is 0.220. The molecule has 0 amide bonds. The van der Waals surface area contributed by atoms with Gasteiger partial charge in [-0.3, -0.25) is 9.69 Å². The molecule has 1 saturated heterocycles. The number of Topliss-reactive ketones (excluding diaryl/α,β-unsaturated/α-hetero) is 1. The first-order valence-electron chi connectivity index (χ1n) is 4.22. The Balaban J connectivity index is 2.90. The van der Waals surface area contributed by atoms with Crippen molar-refractivity contribution in [3.05, 3.63) is 23.3 Å². The molecule has 1 aliphatic rings. The number of rotatable bonds is 0. The van der Waals surface area contributed by atoms with Gasteiger partial charge in [0.2, 0.25) is 0 Å². The maximum atomic E-state index is 11.6. The van der Waals surface area contributed by atoms with Gasteiger partial charge in [0.1, 0.15) is 0 Å². The van der Waals surface area contributed by atoms with E-state index in [9.17, 15) is 4.79 Å². The molecule has 0 spiro atoms. The molecule has 12 heavy (non-hydrogen) atoms. The van der Waals surface area contributed by atoms with Crippen LogP contribution in [0.1, 0.15) is 13.8 Å². The molecule has 0 aromatic heterocycles. The predicted octanol–water partition coefficient (Wildman–Crippen LogP) is 1.39. The normalized spacial score (nSPS) is 27.1. The first-order chi connectivity index (χ1) is 5.69. The van der Waals surface area contributed by atoms with Crippen LogP contribution in [0.25, 0.3) is 0 Å². The van der Waals surface area contributed by atoms with Crippen molar-refractivity contribution in [3.63, 3.8) is 0 Å². The van der Waals surface area contributed by atoms with Crippen LogP contribution in [0.15, 0.2) is 23.3 Å². The summed E-state index contributed by atoms with van der Waals surface area (Å²) in [5.74, 6) is 0.220. The molecule has 0 bridgehead atoms. The van der Waals surface area contributed by atoms with E-state index in [1.165, 1.54) is 0 Å². The van der Waals surface area contributed by atoms with Gasteiger partial charge in [0.05, 0.1) is 0 Å². The van der Waals surface area contributed by atoms with Crippen LogP contribution < -0.4 is 0 Å². The zero-order valence-electron chi connectivity index (χ0n) is 7.92. The summed E-state index contributed by atoms with van der Waals surface area (Å²) in [6.07, 6.45) is 3.81. The molecule has 0 atom stereocenters. The second kappa shape index (κ2) is 3.68. The quantitative estimate of drug-likeness (QED) is 0.506. The second-order valence-electron chi connectivity index (χ2n) is 3.13. The molecule has 0 radical (unpaired) electrons. The first kappa shape index (κ1) is 9.20. The van der Waals surface area contributed by atoms with Crippen molar-refractivity contribution in [2.45, 2.75) is 13.8 Å². The van der Waals surface area contributed by atoms with Crippen molar-refractivity contribution >= 4 is 5.78 Å². The number of likely N-dealkylation sites (N-methyl/N-ethyl adjacent to an activating group) is 1. The Morgan fingerprint density at radius 2 is 1.58 bits per heavy atom. The fraction of sp³-hybridized carbons (Fsp3) is 0.500. The van der Waals surface area contributed by atoms with Crippen molar-refractivity contribution in [1.29, 1.82) is 0 Å². The second-order valence-corrected chi connectivity index (χ2v) is 3.13. The summed E-state index contributed by atoms with van der Waals surface area (Å²) in [7, 11) is 2.03. The molecule has 0 aliphatic carbocycles. The Morgan fingerprint density at radius 1 is 1.17 bits per heavy atom. The fourth-order valence-corrected chi connectivity index (χ4v) is 1.43. The lowest BCUT2D eigenvalue weighted by Gasteiger charge is -2.25. The molecule has 1 fully saturated rings. The monoisotopic (exact) mass is 165 g/mol. The Morgan fingerprint density at radius 3 is 1.92 bits per heavy atom. The summed E-state index contributed by atoms with van der Waals surface area (Å²) in [6.45, 7) is 5.40. The van der Waals surface area contributed by atoms with Gasteiger partial charge in [-0.15, -0.1) is 0 Å². The highest BCUT2D eigenvalue weighted by atomic mass is 16.1. The number of nitrogens with zero attached hydrogens (tertiary/aromatic N) is 1. The minimum atomic E-state index is 0.220. The van der Waals surface area contributed by atoms with E-state index in [0.717, 1.165) is 24.2 Å². The molecule has 0 aromatic carbocycles. The number of hydrogen-bond acceptors (Lipinski definition) is 2. The van der Waals surface area contributed by atoms with Crippen molar-refractivity contribution in [1.82, 2.24) is 4.90 Å². The third-order valence-corrected chi connectivity index (χ3v) is 2.16. The summed E-state index contributed by atoms with van der Waals surface area (Å²) >= 11 is 0. The average Bonchev–Trinajstić information content (AvgIpc) is 2.08. The first-order valence-corrected chi connectivity index (χ1v) is 4.22. The van der Waals surface area contributed by atoms with Crippen molar-refractivity contribution in [3.8, 4) is 0 Å². The minimum Gasteiger partial charge on any atom is -0.298 e. The van der Waals surface area contributed by atoms with Gasteiger partial charge in [0.25, 0.3) is 0 Å². The molecule has 1 rings (SSSR count). The third kappa shape index (κ3) is 1.64. The maximum absolute atomic E-state index is 11.6. The molecule has 0 N–H and O–H groups in total. The van der Waals surface area contributed by atoms with E-state index in [-0.39, 0.29) is 5.78 Å². The highest BCUT2D eigenvalue weighted by molar-refractivity contribution is 6.09. The number of allylic oxidation sites excluding steroid dienone is 2.